The minimum absolute atomic E-state index is 3.65. The van der Waals surface area contributed by atoms with E-state index in [1.165, 1.54) is 0 Å². The van der Waals surface area contributed by atoms with Crippen LogP contribution in [0.5, 0.6) is 0 Å². The Morgan fingerprint density at radius 3 is 1.46 bits per heavy atom. The van der Waals surface area contributed by atoms with Crippen LogP contribution in [0.4, 0.5) is 26.3 Å². The third kappa shape index (κ3) is 1.88. The van der Waals surface area contributed by atoms with Crippen molar-refractivity contribution in [2.75, 3.05) is 0 Å². The van der Waals surface area contributed by atoms with Crippen molar-refractivity contribution in [1.29, 1.82) is 0 Å². The van der Waals surface area contributed by atoms with Crippen LogP contribution >= 0.6 is 0 Å². The number of rotatable bonds is 3. The molecule has 0 amide bonds. The predicted molar refractivity (Wildman–Crippen MR) is 29.0 cm³/mol. The highest BCUT2D eigenvalue weighted by Gasteiger charge is 2.69. The van der Waals surface area contributed by atoms with Gasteiger partial charge in [0.15, 0.2) is 0 Å². The SMILES string of the molecule is NS(=O)(=O)C(F)(F)C(F)(F)C(F)F. The Kier molecular flexibility index (Phi) is 2.89. The van der Waals surface area contributed by atoms with Gasteiger partial charge < -0.3 is 0 Å². The van der Waals surface area contributed by atoms with Crippen LogP contribution in [-0.2, 0) is 10.0 Å². The third-order valence-corrected chi connectivity index (χ3v) is 2.01. The minimum atomic E-state index is -6.07. The molecule has 3 nitrogen and oxygen atoms in total. The number of primary sulfonamides is 1. The lowest BCUT2D eigenvalue weighted by molar-refractivity contribution is -0.225. The number of hydrogen-bond acceptors (Lipinski definition) is 2. The fraction of sp³-hybridized carbons (Fsp3) is 1.00. The van der Waals surface area contributed by atoms with Gasteiger partial charge in [-0.15, -0.1) is 0 Å². The molecule has 0 saturated heterocycles. The van der Waals surface area contributed by atoms with Gasteiger partial charge in [-0.05, 0) is 0 Å². The maximum absolute atomic E-state index is 12.0. The summed E-state index contributed by atoms with van der Waals surface area (Å²) in [5, 5.41) is -2.33. The van der Waals surface area contributed by atoms with Crippen molar-refractivity contribution in [3.05, 3.63) is 0 Å². The average Bonchev–Trinajstić information content (AvgIpc) is 1.84. The molecule has 0 spiro atoms. The van der Waals surface area contributed by atoms with Crippen molar-refractivity contribution >= 4 is 10.0 Å². The molecule has 0 fully saturated rings. The van der Waals surface area contributed by atoms with Gasteiger partial charge in [-0.2, -0.15) is 17.6 Å². The molecule has 0 atom stereocenters. The molecule has 0 aromatic heterocycles. The zero-order valence-electron chi connectivity index (χ0n) is 5.65. The standard InChI is InChI=1S/C3H3F6NO2S/c4-1(5)2(6,7)3(8,9)13(10,11)12/h1H,(H2,10,11,12). The summed E-state index contributed by atoms with van der Waals surface area (Å²) < 4.78 is 90.0. The summed E-state index contributed by atoms with van der Waals surface area (Å²) in [5.41, 5.74) is 0. The number of alkyl halides is 6. The van der Waals surface area contributed by atoms with Gasteiger partial charge in [0.1, 0.15) is 0 Å². The first-order valence-electron chi connectivity index (χ1n) is 2.50. The summed E-state index contributed by atoms with van der Waals surface area (Å²) in [6.07, 6.45) is -4.82. The molecule has 10 heteroatoms. The molecular weight excluding hydrogens is 228 g/mol. The third-order valence-electron chi connectivity index (χ3n) is 1.02. The second-order valence-corrected chi connectivity index (χ2v) is 3.59. The van der Waals surface area contributed by atoms with E-state index in [0.29, 0.717) is 0 Å². The van der Waals surface area contributed by atoms with Gasteiger partial charge in [-0.1, -0.05) is 0 Å². The highest BCUT2D eigenvalue weighted by Crippen LogP contribution is 2.41. The van der Waals surface area contributed by atoms with Crippen molar-refractivity contribution in [1.82, 2.24) is 0 Å². The second-order valence-electron chi connectivity index (χ2n) is 1.99. The quantitative estimate of drug-likeness (QED) is 0.729. The first-order chi connectivity index (χ1) is 5.44. The number of halogens is 6. The number of nitrogens with two attached hydrogens (primary N) is 1. The largest absolute Gasteiger partial charge is 0.426 e. The van der Waals surface area contributed by atoms with Crippen molar-refractivity contribution in [2.45, 2.75) is 17.6 Å². The highest BCUT2D eigenvalue weighted by atomic mass is 32.2. The van der Waals surface area contributed by atoms with Crippen LogP contribution in [0.1, 0.15) is 0 Å². The van der Waals surface area contributed by atoms with E-state index in [2.05, 4.69) is 5.14 Å². The van der Waals surface area contributed by atoms with Gasteiger partial charge >= 0.3 is 17.6 Å². The normalized spacial score (nSPS) is 15.1. The monoisotopic (exact) mass is 231 g/mol. The smallest absolute Gasteiger partial charge is 0.223 e. The molecule has 80 valence electrons. The molecule has 0 aliphatic heterocycles. The van der Waals surface area contributed by atoms with E-state index in [1.54, 1.807) is 0 Å². The van der Waals surface area contributed by atoms with Crippen molar-refractivity contribution in [2.24, 2.45) is 5.14 Å². The van der Waals surface area contributed by atoms with E-state index in [4.69, 9.17) is 0 Å². The molecule has 2 N–H and O–H groups in total. The van der Waals surface area contributed by atoms with Gasteiger partial charge in [0.2, 0.25) is 0 Å². The van der Waals surface area contributed by atoms with E-state index in [0.717, 1.165) is 0 Å². The molecular formula is C3H3F6NO2S. The Morgan fingerprint density at radius 1 is 1.08 bits per heavy atom. The van der Waals surface area contributed by atoms with Gasteiger partial charge in [0.25, 0.3) is 10.0 Å². The lowest BCUT2D eigenvalue weighted by atomic mass is 10.4. The van der Waals surface area contributed by atoms with Gasteiger partial charge in [0.05, 0.1) is 0 Å². The zero-order valence-corrected chi connectivity index (χ0v) is 6.46. The summed E-state index contributed by atoms with van der Waals surface area (Å²) in [4.78, 5) is 0. The molecule has 0 saturated carbocycles. The molecule has 0 bridgehead atoms. The zero-order chi connectivity index (χ0) is 11.1. The molecule has 0 rings (SSSR count). The van der Waals surface area contributed by atoms with E-state index in [9.17, 15) is 34.8 Å². The Morgan fingerprint density at radius 2 is 1.38 bits per heavy atom. The summed E-state index contributed by atoms with van der Waals surface area (Å²) >= 11 is 0. The summed E-state index contributed by atoms with van der Waals surface area (Å²) in [7, 11) is -6.07. The van der Waals surface area contributed by atoms with Gasteiger partial charge in [-0.25, -0.2) is 22.3 Å². The number of sulfonamides is 1. The van der Waals surface area contributed by atoms with Crippen LogP contribution < -0.4 is 5.14 Å². The first-order valence-corrected chi connectivity index (χ1v) is 4.05. The molecule has 0 radical (unpaired) electrons. The molecule has 0 unspecified atom stereocenters. The first kappa shape index (κ1) is 12.5. The van der Waals surface area contributed by atoms with Crippen LogP contribution in [0.15, 0.2) is 0 Å². The fourth-order valence-corrected chi connectivity index (χ4v) is 0.785. The Hall–Kier alpha value is -0.510. The number of hydrogen-bond donors (Lipinski definition) is 1. The Balaban J connectivity index is 5.29. The van der Waals surface area contributed by atoms with Crippen LogP contribution in [0, 0.1) is 0 Å². The molecule has 0 aliphatic carbocycles. The van der Waals surface area contributed by atoms with E-state index in [1.807, 2.05) is 0 Å². The molecule has 0 aliphatic rings. The van der Waals surface area contributed by atoms with Crippen LogP contribution in [-0.4, -0.2) is 26.0 Å². The lowest BCUT2D eigenvalue weighted by Crippen LogP contribution is -2.54. The Labute approximate surface area is 68.6 Å². The molecule has 0 heterocycles. The lowest BCUT2D eigenvalue weighted by Gasteiger charge is -2.23. The summed E-state index contributed by atoms with van der Waals surface area (Å²) in [6, 6.07) is 0. The fourth-order valence-electron chi connectivity index (χ4n) is 0.317. The van der Waals surface area contributed by atoms with E-state index in [-0.39, 0.29) is 0 Å². The van der Waals surface area contributed by atoms with Crippen molar-refractivity contribution in [3.8, 4) is 0 Å². The maximum atomic E-state index is 12.0. The Bertz CT molecular complexity index is 284. The van der Waals surface area contributed by atoms with Crippen molar-refractivity contribution in [3.63, 3.8) is 0 Å². The highest BCUT2D eigenvalue weighted by molar-refractivity contribution is 7.90. The summed E-state index contributed by atoms with van der Waals surface area (Å²) in [6.45, 7) is 0. The molecule has 13 heavy (non-hydrogen) atoms. The molecule has 0 aromatic carbocycles. The maximum Gasteiger partial charge on any atom is 0.426 e. The minimum Gasteiger partial charge on any atom is -0.223 e. The van der Waals surface area contributed by atoms with E-state index >= 15 is 0 Å². The van der Waals surface area contributed by atoms with Crippen LogP contribution in [0.3, 0.4) is 0 Å². The topological polar surface area (TPSA) is 60.2 Å². The summed E-state index contributed by atoms with van der Waals surface area (Å²) in [5.74, 6) is -6.00. The second kappa shape index (κ2) is 3.01. The van der Waals surface area contributed by atoms with Gasteiger partial charge in [0, 0.05) is 0 Å². The van der Waals surface area contributed by atoms with Gasteiger partial charge in [-0.3, -0.25) is 0 Å². The van der Waals surface area contributed by atoms with Crippen LogP contribution in [0.25, 0.3) is 0 Å². The van der Waals surface area contributed by atoms with E-state index < -0.39 is 27.6 Å². The predicted octanol–water partition coefficient (Wildman–Crippen LogP) is 0.768. The van der Waals surface area contributed by atoms with Crippen molar-refractivity contribution < 1.29 is 34.8 Å². The van der Waals surface area contributed by atoms with Crippen LogP contribution in [0.2, 0.25) is 0 Å². The molecule has 0 aromatic rings. The average molecular weight is 231 g/mol.